The number of nitrogens with two attached hydrogens (primary N) is 1. The van der Waals surface area contributed by atoms with Gasteiger partial charge in [0, 0.05) is 37.9 Å². The van der Waals surface area contributed by atoms with Crippen molar-refractivity contribution in [3.8, 4) is 6.07 Å². The summed E-state index contributed by atoms with van der Waals surface area (Å²) in [5, 5.41) is 9.60. The molecule has 5 heteroatoms. The number of likely N-dealkylation sites (N-methyl/N-ethyl adjacent to an activating group) is 1. The zero-order valence-corrected chi connectivity index (χ0v) is 13.9. The predicted molar refractivity (Wildman–Crippen MR) is 88.3 cm³/mol. The Bertz CT molecular complexity index is 509. The largest absolute Gasteiger partial charge is 0.367 e. The van der Waals surface area contributed by atoms with Crippen LogP contribution in [-0.2, 0) is 0 Å². The van der Waals surface area contributed by atoms with Crippen molar-refractivity contribution in [3.63, 3.8) is 0 Å². The SMILES string of the molecule is CN1C([C@@H](C#N)CN2CC3CCCC3(N)C2)=CC=CC1P. The lowest BCUT2D eigenvalue weighted by atomic mass is 9.92. The number of nitriles is 1. The summed E-state index contributed by atoms with van der Waals surface area (Å²) < 4.78 is 0. The van der Waals surface area contributed by atoms with Crippen LogP contribution in [0.1, 0.15) is 19.3 Å². The highest BCUT2D eigenvalue weighted by molar-refractivity contribution is 7.17. The molecule has 2 heterocycles. The van der Waals surface area contributed by atoms with E-state index in [4.69, 9.17) is 5.73 Å². The van der Waals surface area contributed by atoms with Crippen LogP contribution < -0.4 is 5.73 Å². The summed E-state index contributed by atoms with van der Waals surface area (Å²) in [5.74, 6) is 0.828. The molecule has 21 heavy (non-hydrogen) atoms. The van der Waals surface area contributed by atoms with Crippen molar-refractivity contribution >= 4 is 9.24 Å². The molecule has 0 amide bonds. The van der Waals surface area contributed by atoms with Gasteiger partial charge in [-0.05, 0) is 24.8 Å². The summed E-state index contributed by atoms with van der Waals surface area (Å²) in [6, 6.07) is 2.49. The van der Waals surface area contributed by atoms with Gasteiger partial charge in [0.05, 0.1) is 17.8 Å². The van der Waals surface area contributed by atoms with Crippen LogP contribution >= 0.6 is 9.24 Å². The van der Waals surface area contributed by atoms with Gasteiger partial charge in [0.2, 0.25) is 0 Å². The number of allylic oxidation sites excluding steroid dienone is 2. The van der Waals surface area contributed by atoms with Crippen molar-refractivity contribution < 1.29 is 0 Å². The minimum absolute atomic E-state index is 0.00982. The van der Waals surface area contributed by atoms with Gasteiger partial charge in [0.1, 0.15) is 0 Å². The quantitative estimate of drug-likeness (QED) is 0.803. The smallest absolute Gasteiger partial charge is 0.0987 e. The first-order chi connectivity index (χ1) is 10.0. The average Bonchev–Trinajstić information content (AvgIpc) is 2.94. The van der Waals surface area contributed by atoms with E-state index in [0.29, 0.717) is 5.92 Å². The normalized spacial score (nSPS) is 37.2. The van der Waals surface area contributed by atoms with Crippen molar-refractivity contribution in [1.29, 1.82) is 5.26 Å². The minimum Gasteiger partial charge on any atom is -0.367 e. The molecule has 0 aromatic carbocycles. The number of fused-ring (bicyclic) bond motifs is 1. The van der Waals surface area contributed by atoms with Crippen molar-refractivity contribution in [3.05, 3.63) is 23.9 Å². The van der Waals surface area contributed by atoms with E-state index >= 15 is 0 Å². The van der Waals surface area contributed by atoms with Crippen LogP contribution in [0.3, 0.4) is 0 Å². The lowest BCUT2D eigenvalue weighted by Gasteiger charge is -2.33. The number of hydrogen-bond donors (Lipinski definition) is 1. The molecule has 0 aromatic rings. The van der Waals surface area contributed by atoms with Crippen molar-refractivity contribution in [2.75, 3.05) is 26.7 Å². The van der Waals surface area contributed by atoms with E-state index in [9.17, 15) is 5.26 Å². The molecule has 1 saturated heterocycles. The monoisotopic (exact) mass is 304 g/mol. The van der Waals surface area contributed by atoms with E-state index in [0.717, 1.165) is 31.8 Å². The van der Waals surface area contributed by atoms with Gasteiger partial charge < -0.3 is 10.6 Å². The Balaban J connectivity index is 1.68. The molecule has 4 unspecified atom stereocenters. The molecule has 4 nitrogen and oxygen atoms in total. The van der Waals surface area contributed by atoms with Crippen molar-refractivity contribution in [2.24, 2.45) is 17.6 Å². The maximum Gasteiger partial charge on any atom is 0.0987 e. The maximum atomic E-state index is 9.60. The maximum absolute atomic E-state index is 9.60. The molecule has 2 fully saturated rings. The second-order valence-electron chi connectivity index (χ2n) is 6.78. The topological polar surface area (TPSA) is 56.3 Å². The van der Waals surface area contributed by atoms with Gasteiger partial charge >= 0.3 is 0 Å². The van der Waals surface area contributed by atoms with Crippen LogP contribution in [0.25, 0.3) is 0 Å². The Morgan fingerprint density at radius 3 is 3.14 bits per heavy atom. The summed E-state index contributed by atoms with van der Waals surface area (Å²) in [7, 11) is 4.86. The fourth-order valence-corrected chi connectivity index (χ4v) is 4.39. The molecule has 2 aliphatic heterocycles. The highest BCUT2D eigenvalue weighted by atomic mass is 31.0. The predicted octanol–water partition coefficient (Wildman–Crippen LogP) is 1.53. The third-order valence-electron chi connectivity index (χ3n) is 5.39. The van der Waals surface area contributed by atoms with E-state index in [2.05, 4.69) is 50.4 Å². The summed E-state index contributed by atoms with van der Waals surface area (Å²) in [6.45, 7) is 2.81. The van der Waals surface area contributed by atoms with E-state index < -0.39 is 0 Å². The first-order valence-corrected chi connectivity index (χ1v) is 8.48. The van der Waals surface area contributed by atoms with Crippen molar-refractivity contribution in [2.45, 2.75) is 30.6 Å². The number of hydrogen-bond acceptors (Lipinski definition) is 4. The molecule has 0 aromatic heterocycles. The molecule has 1 saturated carbocycles. The lowest BCUT2D eigenvalue weighted by Crippen LogP contribution is -2.44. The summed E-state index contributed by atoms with van der Waals surface area (Å²) in [4.78, 5) is 4.58. The van der Waals surface area contributed by atoms with Gasteiger partial charge in [-0.3, -0.25) is 4.90 Å². The number of rotatable bonds is 3. The highest BCUT2D eigenvalue weighted by Crippen LogP contribution is 2.40. The number of nitrogens with zero attached hydrogens (tertiary/aromatic N) is 3. The molecule has 1 aliphatic carbocycles. The first kappa shape index (κ1) is 15.0. The van der Waals surface area contributed by atoms with Crippen LogP contribution in [0, 0.1) is 23.2 Å². The Labute approximate surface area is 129 Å². The molecule has 114 valence electrons. The lowest BCUT2D eigenvalue weighted by molar-refractivity contribution is 0.266. The molecule has 5 atom stereocenters. The second kappa shape index (κ2) is 5.72. The first-order valence-electron chi connectivity index (χ1n) is 7.81. The Kier molecular flexibility index (Phi) is 4.10. The van der Waals surface area contributed by atoms with Gasteiger partial charge in [0.15, 0.2) is 0 Å². The zero-order valence-electron chi connectivity index (χ0n) is 12.7. The molecule has 3 aliphatic rings. The van der Waals surface area contributed by atoms with Gasteiger partial charge in [-0.1, -0.05) is 18.6 Å². The minimum atomic E-state index is -0.0783. The van der Waals surface area contributed by atoms with Crippen molar-refractivity contribution in [1.82, 2.24) is 9.80 Å². The van der Waals surface area contributed by atoms with Crippen LogP contribution in [0.2, 0.25) is 0 Å². The molecule has 0 spiro atoms. The molecule has 3 rings (SSSR count). The third kappa shape index (κ3) is 2.75. The van der Waals surface area contributed by atoms with E-state index in [1.165, 1.54) is 12.8 Å². The van der Waals surface area contributed by atoms with Gasteiger partial charge in [0.25, 0.3) is 0 Å². The Hall–Kier alpha value is -0.880. The Morgan fingerprint density at radius 2 is 2.43 bits per heavy atom. The van der Waals surface area contributed by atoms with E-state index in [1.807, 2.05) is 0 Å². The van der Waals surface area contributed by atoms with E-state index in [1.54, 1.807) is 0 Å². The fraction of sp³-hybridized carbons (Fsp3) is 0.688. The van der Waals surface area contributed by atoms with Crippen LogP contribution in [0.4, 0.5) is 0 Å². The molecule has 2 N–H and O–H groups in total. The summed E-state index contributed by atoms with van der Waals surface area (Å²) >= 11 is 0. The second-order valence-corrected chi connectivity index (χ2v) is 7.46. The number of likely N-dealkylation sites (tertiary alicyclic amines) is 1. The fourth-order valence-electron chi connectivity index (χ4n) is 4.09. The summed E-state index contributed by atoms with van der Waals surface area (Å²) in [5.41, 5.74) is 7.66. The van der Waals surface area contributed by atoms with Crippen LogP contribution in [0.5, 0.6) is 0 Å². The van der Waals surface area contributed by atoms with E-state index in [-0.39, 0.29) is 17.2 Å². The van der Waals surface area contributed by atoms with Gasteiger partial charge in [-0.15, -0.1) is 9.24 Å². The summed E-state index contributed by atoms with van der Waals surface area (Å²) in [6.07, 6.45) is 9.92. The molecule has 0 radical (unpaired) electrons. The Morgan fingerprint density at radius 1 is 1.62 bits per heavy atom. The average molecular weight is 304 g/mol. The van der Waals surface area contributed by atoms with Gasteiger partial charge in [-0.25, -0.2) is 0 Å². The van der Waals surface area contributed by atoms with Crippen LogP contribution in [0.15, 0.2) is 23.9 Å². The molecular weight excluding hydrogens is 279 g/mol. The molecule has 0 bridgehead atoms. The van der Waals surface area contributed by atoms with Gasteiger partial charge in [-0.2, -0.15) is 5.26 Å². The third-order valence-corrected chi connectivity index (χ3v) is 6.06. The zero-order chi connectivity index (χ0) is 15.0. The highest BCUT2D eigenvalue weighted by Gasteiger charge is 2.46. The van der Waals surface area contributed by atoms with Crippen LogP contribution in [-0.4, -0.2) is 47.8 Å². The molecular formula is C16H25N4P. The standard InChI is InChI=1S/C16H25N4P/c1-19-14(5-2-6-15(19)21)12(8-17)9-20-10-13-4-3-7-16(13,18)11-20/h2,5-6,12-13,15H,3-4,7,9-11,18,21H2,1H3/t12-,13?,15?,16?/m0/s1.